The minimum Gasteiger partial charge on any atom is -0.469 e. The van der Waals surface area contributed by atoms with Crippen LogP contribution in [0.25, 0.3) is 0 Å². The van der Waals surface area contributed by atoms with Gasteiger partial charge in [-0.25, -0.2) is 0 Å². The molecule has 1 aromatic rings. The summed E-state index contributed by atoms with van der Waals surface area (Å²) >= 11 is 9.30. The van der Waals surface area contributed by atoms with Gasteiger partial charge in [0.2, 0.25) is 0 Å². The lowest BCUT2D eigenvalue weighted by Gasteiger charge is -2.21. The number of aliphatic hydroxyl groups is 1. The molecule has 0 spiro atoms. The van der Waals surface area contributed by atoms with Crippen LogP contribution in [0.3, 0.4) is 0 Å². The van der Waals surface area contributed by atoms with Crippen LogP contribution in [-0.2, 0) is 9.53 Å². The van der Waals surface area contributed by atoms with Crippen molar-refractivity contribution in [3.8, 4) is 0 Å². The molecule has 19 heavy (non-hydrogen) atoms. The average molecular weight is 350 g/mol. The Labute approximate surface area is 127 Å². The Kier molecular flexibility index (Phi) is 6.83. The highest BCUT2D eigenvalue weighted by Gasteiger charge is 2.28. The van der Waals surface area contributed by atoms with Crippen LogP contribution in [-0.4, -0.2) is 18.2 Å². The van der Waals surface area contributed by atoms with E-state index in [-0.39, 0.29) is 5.97 Å². The van der Waals surface area contributed by atoms with Crippen molar-refractivity contribution in [3.63, 3.8) is 0 Å². The van der Waals surface area contributed by atoms with Gasteiger partial charge in [0.05, 0.1) is 24.2 Å². The Hall–Kier alpha value is -0.580. The van der Waals surface area contributed by atoms with Crippen LogP contribution >= 0.6 is 27.5 Å². The molecule has 2 atom stereocenters. The summed E-state index contributed by atoms with van der Waals surface area (Å²) in [4.78, 5) is 11.8. The normalized spacial score (nSPS) is 13.9. The van der Waals surface area contributed by atoms with Crippen LogP contribution < -0.4 is 0 Å². The smallest absolute Gasteiger partial charge is 0.311 e. The van der Waals surface area contributed by atoms with Gasteiger partial charge in [-0.15, -0.1) is 0 Å². The van der Waals surface area contributed by atoms with E-state index in [4.69, 9.17) is 16.3 Å². The summed E-state index contributed by atoms with van der Waals surface area (Å²) in [6.07, 6.45) is 1.52. The largest absolute Gasteiger partial charge is 0.469 e. The third-order valence-electron chi connectivity index (χ3n) is 3.04. The summed E-state index contributed by atoms with van der Waals surface area (Å²) in [5.41, 5.74) is 0.625. The minimum atomic E-state index is -0.899. The third kappa shape index (κ3) is 4.48. The van der Waals surface area contributed by atoms with Gasteiger partial charge in [-0.2, -0.15) is 0 Å². The fraction of sp³-hybridized carbons (Fsp3) is 0.500. The van der Waals surface area contributed by atoms with Gasteiger partial charge in [0.25, 0.3) is 0 Å². The molecule has 2 unspecified atom stereocenters. The highest BCUT2D eigenvalue weighted by atomic mass is 79.9. The molecule has 1 aromatic carbocycles. The topological polar surface area (TPSA) is 46.5 Å². The van der Waals surface area contributed by atoms with E-state index >= 15 is 0 Å². The highest BCUT2D eigenvalue weighted by Crippen LogP contribution is 2.31. The quantitative estimate of drug-likeness (QED) is 0.786. The van der Waals surface area contributed by atoms with Gasteiger partial charge in [-0.05, 0) is 40.0 Å². The van der Waals surface area contributed by atoms with E-state index in [2.05, 4.69) is 15.9 Å². The zero-order valence-corrected chi connectivity index (χ0v) is 13.4. The molecule has 106 valence electrons. The Balaban J connectivity index is 2.93. The highest BCUT2D eigenvalue weighted by molar-refractivity contribution is 9.10. The van der Waals surface area contributed by atoms with Gasteiger partial charge in [0.15, 0.2) is 0 Å². The molecular formula is C14H18BrClO3. The van der Waals surface area contributed by atoms with Crippen molar-refractivity contribution in [1.82, 2.24) is 0 Å². The average Bonchev–Trinajstić information content (AvgIpc) is 2.41. The predicted octanol–water partition coefficient (Wildman–Crippen LogP) is 4.12. The first-order valence-electron chi connectivity index (χ1n) is 6.22. The van der Waals surface area contributed by atoms with E-state index in [0.29, 0.717) is 17.0 Å². The lowest BCUT2D eigenvalue weighted by Crippen LogP contribution is -2.23. The van der Waals surface area contributed by atoms with Crippen LogP contribution in [0.15, 0.2) is 22.7 Å². The standard InChI is InChI=1S/C14H18BrClO3/c1-3-4-5-10(14(18)19-2)13(17)9-6-7-11(15)12(16)8-9/h6-8,10,13,17H,3-5H2,1-2H3. The van der Waals surface area contributed by atoms with Gasteiger partial charge in [-0.1, -0.05) is 37.4 Å². The number of methoxy groups -OCH3 is 1. The van der Waals surface area contributed by atoms with Crippen LogP contribution in [0.1, 0.15) is 37.9 Å². The number of esters is 1. The van der Waals surface area contributed by atoms with E-state index in [1.807, 2.05) is 6.92 Å². The van der Waals surface area contributed by atoms with Gasteiger partial charge >= 0.3 is 5.97 Å². The fourth-order valence-corrected chi connectivity index (χ4v) is 2.34. The van der Waals surface area contributed by atoms with E-state index in [1.54, 1.807) is 18.2 Å². The Morgan fingerprint density at radius 2 is 2.21 bits per heavy atom. The summed E-state index contributed by atoms with van der Waals surface area (Å²) in [6, 6.07) is 5.18. The maximum Gasteiger partial charge on any atom is 0.311 e. The van der Waals surface area contributed by atoms with Crippen LogP contribution in [0.4, 0.5) is 0 Å². The molecule has 0 heterocycles. The Morgan fingerprint density at radius 1 is 1.53 bits per heavy atom. The second-order valence-corrected chi connectivity index (χ2v) is 5.65. The number of carbonyl (C=O) groups excluding carboxylic acids is 1. The van der Waals surface area contributed by atoms with Crippen molar-refractivity contribution in [3.05, 3.63) is 33.3 Å². The molecule has 0 aliphatic heterocycles. The number of benzene rings is 1. The molecule has 3 nitrogen and oxygen atoms in total. The van der Waals surface area contributed by atoms with Gasteiger partial charge < -0.3 is 9.84 Å². The zero-order valence-electron chi connectivity index (χ0n) is 11.0. The van der Waals surface area contributed by atoms with Crippen molar-refractivity contribution in [2.24, 2.45) is 5.92 Å². The second kappa shape index (κ2) is 7.88. The number of carbonyl (C=O) groups is 1. The van der Waals surface area contributed by atoms with Crippen molar-refractivity contribution >= 4 is 33.5 Å². The van der Waals surface area contributed by atoms with Gasteiger partial charge in [-0.3, -0.25) is 4.79 Å². The molecule has 0 bridgehead atoms. The molecular weight excluding hydrogens is 332 g/mol. The maximum absolute atomic E-state index is 11.8. The number of hydrogen-bond donors (Lipinski definition) is 1. The van der Waals surface area contributed by atoms with Gasteiger partial charge in [0, 0.05) is 4.47 Å². The summed E-state index contributed by atoms with van der Waals surface area (Å²) in [5, 5.41) is 10.9. The summed E-state index contributed by atoms with van der Waals surface area (Å²) in [6.45, 7) is 2.04. The molecule has 1 N–H and O–H groups in total. The zero-order chi connectivity index (χ0) is 14.4. The molecule has 1 rings (SSSR count). The summed E-state index contributed by atoms with van der Waals surface area (Å²) < 4.78 is 5.52. The van der Waals surface area contributed by atoms with E-state index in [1.165, 1.54) is 7.11 Å². The van der Waals surface area contributed by atoms with E-state index < -0.39 is 12.0 Å². The molecule has 5 heteroatoms. The van der Waals surface area contributed by atoms with Crippen molar-refractivity contribution in [2.45, 2.75) is 32.3 Å². The molecule has 0 aromatic heterocycles. The summed E-state index contributed by atoms with van der Waals surface area (Å²) in [5.74, 6) is -0.942. The lowest BCUT2D eigenvalue weighted by atomic mass is 9.91. The summed E-state index contributed by atoms with van der Waals surface area (Å²) in [7, 11) is 1.34. The SMILES string of the molecule is CCCCC(C(=O)OC)C(O)c1ccc(Br)c(Cl)c1. The first-order chi connectivity index (χ1) is 9.01. The molecule has 0 saturated heterocycles. The number of halogens is 2. The molecule has 0 radical (unpaired) electrons. The lowest BCUT2D eigenvalue weighted by molar-refractivity contribution is -0.150. The van der Waals surface area contributed by atoms with E-state index in [0.717, 1.165) is 17.3 Å². The molecule has 0 aliphatic carbocycles. The van der Waals surface area contributed by atoms with Crippen molar-refractivity contribution in [2.75, 3.05) is 7.11 Å². The van der Waals surface area contributed by atoms with E-state index in [9.17, 15) is 9.90 Å². The number of ether oxygens (including phenoxy) is 1. The molecule has 0 aliphatic rings. The molecule has 0 fully saturated rings. The Morgan fingerprint density at radius 3 is 2.74 bits per heavy atom. The number of hydrogen-bond acceptors (Lipinski definition) is 3. The Bertz CT molecular complexity index is 437. The fourth-order valence-electron chi connectivity index (χ4n) is 1.91. The number of aliphatic hydroxyl groups excluding tert-OH is 1. The van der Waals surface area contributed by atoms with Crippen molar-refractivity contribution in [1.29, 1.82) is 0 Å². The van der Waals surface area contributed by atoms with Crippen LogP contribution in [0.5, 0.6) is 0 Å². The predicted molar refractivity (Wildman–Crippen MR) is 79.1 cm³/mol. The monoisotopic (exact) mass is 348 g/mol. The molecule has 0 saturated carbocycles. The third-order valence-corrected chi connectivity index (χ3v) is 4.27. The minimum absolute atomic E-state index is 0.389. The molecule has 0 amide bonds. The van der Waals surface area contributed by atoms with Crippen molar-refractivity contribution < 1.29 is 14.6 Å². The number of rotatable bonds is 6. The first kappa shape index (κ1) is 16.5. The van der Waals surface area contributed by atoms with Gasteiger partial charge in [0.1, 0.15) is 0 Å². The number of unbranched alkanes of at least 4 members (excludes halogenated alkanes) is 1. The van der Waals surface area contributed by atoms with Crippen LogP contribution in [0, 0.1) is 5.92 Å². The maximum atomic E-state index is 11.8. The first-order valence-corrected chi connectivity index (χ1v) is 7.39. The second-order valence-electron chi connectivity index (χ2n) is 4.39. The van der Waals surface area contributed by atoms with Crippen LogP contribution in [0.2, 0.25) is 5.02 Å².